The zero-order valence-corrected chi connectivity index (χ0v) is 10.8. The summed E-state index contributed by atoms with van der Waals surface area (Å²) in [5.41, 5.74) is 2.53. The van der Waals surface area contributed by atoms with E-state index in [1.807, 2.05) is 38.1 Å². The van der Waals surface area contributed by atoms with Crippen LogP contribution in [0.15, 0.2) is 35.3 Å². The average molecular weight is 259 g/mol. The van der Waals surface area contributed by atoms with Gasteiger partial charge in [0.15, 0.2) is 5.43 Å². The molecule has 4 heteroatoms. The fraction of sp³-hybridized carbons (Fsp3) is 0.143. The predicted octanol–water partition coefficient (Wildman–Crippen LogP) is 2.98. The number of nitrogens with zero attached hydrogens (tertiary/aromatic N) is 2. The van der Waals surface area contributed by atoms with Gasteiger partial charge in [0.05, 0.1) is 0 Å². The smallest absolute Gasteiger partial charge is 0.199 e. The molecule has 2 rings (SSSR count). The molecule has 0 aliphatic carbocycles. The Morgan fingerprint density at radius 1 is 1.28 bits per heavy atom. The number of halogens is 1. The lowest BCUT2D eigenvalue weighted by Crippen LogP contribution is -2.12. The fourth-order valence-electron chi connectivity index (χ4n) is 1.82. The first-order chi connectivity index (χ1) is 8.52. The van der Waals surface area contributed by atoms with Crippen LogP contribution < -0.4 is 5.43 Å². The largest absolute Gasteiger partial charge is 0.319 e. The molecule has 0 spiro atoms. The maximum absolute atomic E-state index is 11.5. The summed E-state index contributed by atoms with van der Waals surface area (Å²) >= 11 is 5.98. The summed E-state index contributed by atoms with van der Waals surface area (Å²) in [7, 11) is 0. The summed E-state index contributed by atoms with van der Waals surface area (Å²) in [6, 6.07) is 8.89. The molecule has 1 aromatic carbocycles. The number of aryl methyl sites for hydroxylation is 2. The standard InChI is InChI=1S/C14H11ClN2O/c1-9-3-4-12(15)6-13(9)17-8-11(7-16)14(18)5-10(17)2/h3-6,8H,1-2H3. The lowest BCUT2D eigenvalue weighted by molar-refractivity contribution is 0.957. The van der Waals surface area contributed by atoms with Crippen molar-refractivity contribution in [1.82, 2.24) is 4.57 Å². The van der Waals surface area contributed by atoms with Crippen LogP contribution in [0.25, 0.3) is 5.69 Å². The molecule has 0 amide bonds. The van der Waals surface area contributed by atoms with E-state index in [1.54, 1.807) is 10.8 Å². The number of rotatable bonds is 1. The minimum atomic E-state index is -0.258. The molecule has 18 heavy (non-hydrogen) atoms. The lowest BCUT2D eigenvalue weighted by atomic mass is 10.1. The monoisotopic (exact) mass is 258 g/mol. The molecule has 0 fully saturated rings. The Hall–Kier alpha value is -2.05. The van der Waals surface area contributed by atoms with Gasteiger partial charge in [-0.2, -0.15) is 5.26 Å². The first-order valence-corrected chi connectivity index (χ1v) is 5.80. The molecular weight excluding hydrogens is 248 g/mol. The molecule has 0 aliphatic rings. The van der Waals surface area contributed by atoms with Crippen molar-refractivity contribution in [1.29, 1.82) is 5.26 Å². The number of hydrogen-bond acceptors (Lipinski definition) is 2. The summed E-state index contributed by atoms with van der Waals surface area (Å²) < 4.78 is 1.81. The Morgan fingerprint density at radius 2 is 2.00 bits per heavy atom. The van der Waals surface area contributed by atoms with Crippen LogP contribution in [-0.2, 0) is 0 Å². The molecule has 0 saturated carbocycles. The van der Waals surface area contributed by atoms with Gasteiger partial charge in [-0.15, -0.1) is 0 Å². The molecule has 0 N–H and O–H groups in total. The summed E-state index contributed by atoms with van der Waals surface area (Å²) in [6.07, 6.45) is 1.55. The molecule has 1 heterocycles. The van der Waals surface area contributed by atoms with E-state index < -0.39 is 0 Å². The van der Waals surface area contributed by atoms with Crippen molar-refractivity contribution >= 4 is 11.6 Å². The summed E-state index contributed by atoms with van der Waals surface area (Å²) in [5.74, 6) is 0. The molecule has 0 radical (unpaired) electrons. The third kappa shape index (κ3) is 2.15. The van der Waals surface area contributed by atoms with Crippen LogP contribution in [0, 0.1) is 25.2 Å². The molecule has 0 unspecified atom stereocenters. The van der Waals surface area contributed by atoms with Crippen molar-refractivity contribution in [2.24, 2.45) is 0 Å². The quantitative estimate of drug-likeness (QED) is 0.789. The molecule has 0 saturated heterocycles. The van der Waals surface area contributed by atoms with Crippen molar-refractivity contribution in [3.05, 3.63) is 62.5 Å². The maximum atomic E-state index is 11.5. The number of aromatic nitrogens is 1. The Bertz CT molecular complexity index is 711. The van der Waals surface area contributed by atoms with Crippen LogP contribution in [0.3, 0.4) is 0 Å². The van der Waals surface area contributed by atoms with Gasteiger partial charge in [0.2, 0.25) is 0 Å². The molecule has 0 bridgehead atoms. The summed E-state index contributed by atoms with van der Waals surface area (Å²) in [6.45, 7) is 3.78. The van der Waals surface area contributed by atoms with E-state index in [0.717, 1.165) is 16.9 Å². The second-order valence-electron chi connectivity index (χ2n) is 4.11. The van der Waals surface area contributed by atoms with Gasteiger partial charge in [-0.25, -0.2) is 0 Å². The summed E-state index contributed by atoms with van der Waals surface area (Å²) in [4.78, 5) is 11.5. The lowest BCUT2D eigenvalue weighted by Gasteiger charge is -2.13. The molecule has 1 aromatic heterocycles. The van der Waals surface area contributed by atoms with E-state index in [0.29, 0.717) is 5.02 Å². The second kappa shape index (κ2) is 4.67. The SMILES string of the molecule is Cc1ccc(Cl)cc1-n1cc(C#N)c(=O)cc1C. The first-order valence-electron chi connectivity index (χ1n) is 5.43. The van der Waals surface area contributed by atoms with Crippen LogP contribution in [-0.4, -0.2) is 4.57 Å². The van der Waals surface area contributed by atoms with Crippen molar-refractivity contribution in [3.8, 4) is 11.8 Å². The van der Waals surface area contributed by atoms with Gasteiger partial charge in [-0.3, -0.25) is 4.79 Å². The van der Waals surface area contributed by atoms with Crippen LogP contribution in [0.5, 0.6) is 0 Å². The molecule has 0 aliphatic heterocycles. The van der Waals surface area contributed by atoms with Gasteiger partial charge in [0.1, 0.15) is 11.6 Å². The predicted molar refractivity (Wildman–Crippen MR) is 71.2 cm³/mol. The molecule has 90 valence electrons. The Kier molecular flexibility index (Phi) is 3.22. The highest BCUT2D eigenvalue weighted by Crippen LogP contribution is 2.20. The van der Waals surface area contributed by atoms with Crippen LogP contribution in [0.2, 0.25) is 5.02 Å². The van der Waals surface area contributed by atoms with E-state index in [9.17, 15) is 4.79 Å². The number of nitriles is 1. The topological polar surface area (TPSA) is 45.8 Å². The Balaban J connectivity index is 2.75. The highest BCUT2D eigenvalue weighted by Gasteiger charge is 2.07. The average Bonchev–Trinajstić information content (AvgIpc) is 2.33. The van der Waals surface area contributed by atoms with E-state index in [2.05, 4.69) is 0 Å². The van der Waals surface area contributed by atoms with Gasteiger partial charge < -0.3 is 4.57 Å². The Morgan fingerprint density at radius 3 is 2.67 bits per heavy atom. The van der Waals surface area contributed by atoms with Gasteiger partial charge in [-0.1, -0.05) is 17.7 Å². The van der Waals surface area contributed by atoms with E-state index in [4.69, 9.17) is 16.9 Å². The van der Waals surface area contributed by atoms with Crippen LogP contribution in [0.1, 0.15) is 16.8 Å². The van der Waals surface area contributed by atoms with E-state index >= 15 is 0 Å². The van der Waals surface area contributed by atoms with Crippen molar-refractivity contribution in [2.75, 3.05) is 0 Å². The molecule has 2 aromatic rings. The number of hydrogen-bond donors (Lipinski definition) is 0. The third-order valence-electron chi connectivity index (χ3n) is 2.79. The van der Waals surface area contributed by atoms with Gasteiger partial charge in [-0.05, 0) is 31.5 Å². The van der Waals surface area contributed by atoms with Crippen LogP contribution >= 0.6 is 11.6 Å². The second-order valence-corrected chi connectivity index (χ2v) is 4.54. The highest BCUT2D eigenvalue weighted by atomic mass is 35.5. The molecule has 3 nitrogen and oxygen atoms in total. The third-order valence-corrected chi connectivity index (χ3v) is 3.03. The van der Waals surface area contributed by atoms with Gasteiger partial charge in [0.25, 0.3) is 0 Å². The normalized spacial score (nSPS) is 10.1. The highest BCUT2D eigenvalue weighted by molar-refractivity contribution is 6.30. The van der Waals surface area contributed by atoms with Crippen molar-refractivity contribution < 1.29 is 0 Å². The van der Waals surface area contributed by atoms with Gasteiger partial charge >= 0.3 is 0 Å². The maximum Gasteiger partial charge on any atom is 0.199 e. The summed E-state index contributed by atoms with van der Waals surface area (Å²) in [5, 5.41) is 9.53. The Labute approximate surface area is 110 Å². The zero-order valence-electron chi connectivity index (χ0n) is 10.1. The minimum absolute atomic E-state index is 0.125. The van der Waals surface area contributed by atoms with Crippen molar-refractivity contribution in [3.63, 3.8) is 0 Å². The van der Waals surface area contributed by atoms with Gasteiger partial charge in [0, 0.05) is 28.7 Å². The van der Waals surface area contributed by atoms with Crippen molar-refractivity contribution in [2.45, 2.75) is 13.8 Å². The molecule has 0 atom stereocenters. The zero-order chi connectivity index (χ0) is 13.3. The first kappa shape index (κ1) is 12.4. The fourth-order valence-corrected chi connectivity index (χ4v) is 1.98. The van der Waals surface area contributed by atoms with E-state index in [1.165, 1.54) is 6.07 Å². The van der Waals surface area contributed by atoms with E-state index in [-0.39, 0.29) is 11.0 Å². The minimum Gasteiger partial charge on any atom is -0.319 e. The molecular formula is C14H11ClN2O. The van der Waals surface area contributed by atoms with Crippen LogP contribution in [0.4, 0.5) is 0 Å². The number of benzene rings is 1. The number of pyridine rings is 1.